The lowest BCUT2D eigenvalue weighted by atomic mass is 9.70. The largest absolute Gasteiger partial charge is 0.455 e. The second kappa shape index (κ2) is 11.1. The minimum absolute atomic E-state index is 0.447. The second-order valence-corrected chi connectivity index (χ2v) is 16.2. The van der Waals surface area contributed by atoms with E-state index in [9.17, 15) is 0 Å². The molecule has 0 radical (unpaired) electrons. The summed E-state index contributed by atoms with van der Waals surface area (Å²) in [6.45, 7) is 0. The number of anilines is 3. The van der Waals surface area contributed by atoms with Crippen LogP contribution in [0.1, 0.15) is 22.3 Å². The number of hydrogen-bond donors (Lipinski definition) is 0. The molecule has 2 aromatic heterocycles. The third-order valence-corrected chi connectivity index (χ3v) is 13.6. The van der Waals surface area contributed by atoms with Crippen LogP contribution in [0.2, 0.25) is 0 Å². The van der Waals surface area contributed by atoms with E-state index in [2.05, 4.69) is 193 Å². The summed E-state index contributed by atoms with van der Waals surface area (Å²) in [4.78, 5) is 2.49. The molecule has 0 saturated heterocycles. The quantitative estimate of drug-likeness (QED) is 0.180. The Bertz CT molecular complexity index is 3390. The summed E-state index contributed by atoms with van der Waals surface area (Å²) in [6, 6.07) is 69.5. The van der Waals surface area contributed by atoms with E-state index >= 15 is 0 Å². The fraction of sp³-hybridized carbons (Fsp3) is 0.0189. The maximum atomic E-state index is 6.92. The highest BCUT2D eigenvalue weighted by atomic mass is 32.1. The van der Waals surface area contributed by atoms with Crippen LogP contribution in [0.3, 0.4) is 0 Å². The van der Waals surface area contributed by atoms with E-state index in [0.29, 0.717) is 0 Å². The van der Waals surface area contributed by atoms with Crippen molar-refractivity contribution in [3.05, 3.63) is 210 Å². The molecule has 13 rings (SSSR count). The molecule has 0 atom stereocenters. The highest BCUT2D eigenvalue weighted by molar-refractivity contribution is 7.26. The van der Waals surface area contributed by atoms with Crippen LogP contribution in [0, 0.1) is 0 Å². The Morgan fingerprint density at radius 1 is 0.411 bits per heavy atom. The molecule has 0 aliphatic heterocycles. The molecular formula is C53H31NOS. The molecule has 0 unspecified atom stereocenters. The Morgan fingerprint density at radius 3 is 1.73 bits per heavy atom. The van der Waals surface area contributed by atoms with Crippen molar-refractivity contribution < 1.29 is 4.42 Å². The first-order valence-electron chi connectivity index (χ1n) is 19.3. The van der Waals surface area contributed by atoms with Crippen molar-refractivity contribution in [2.75, 3.05) is 4.90 Å². The molecule has 2 aliphatic rings. The zero-order valence-electron chi connectivity index (χ0n) is 30.2. The Labute approximate surface area is 327 Å². The molecule has 9 aromatic carbocycles. The first kappa shape index (κ1) is 30.4. The van der Waals surface area contributed by atoms with Crippen LogP contribution in [-0.2, 0) is 5.41 Å². The molecule has 0 bridgehead atoms. The predicted molar refractivity (Wildman–Crippen MR) is 235 cm³/mol. The predicted octanol–water partition coefficient (Wildman–Crippen LogP) is 14.9. The van der Waals surface area contributed by atoms with E-state index in [-0.39, 0.29) is 0 Å². The Balaban J connectivity index is 1.16. The maximum Gasteiger partial charge on any atom is 0.146 e. The molecule has 0 fully saturated rings. The first-order chi connectivity index (χ1) is 27.8. The van der Waals surface area contributed by atoms with Crippen molar-refractivity contribution in [3.63, 3.8) is 0 Å². The number of rotatable bonds is 3. The van der Waals surface area contributed by atoms with E-state index in [4.69, 9.17) is 4.42 Å². The number of furan rings is 1. The van der Waals surface area contributed by atoms with Crippen molar-refractivity contribution in [3.8, 4) is 22.3 Å². The van der Waals surface area contributed by atoms with Crippen molar-refractivity contribution in [1.29, 1.82) is 0 Å². The highest BCUT2D eigenvalue weighted by Gasteiger charge is 2.51. The van der Waals surface area contributed by atoms with E-state index in [1.807, 2.05) is 11.3 Å². The van der Waals surface area contributed by atoms with Gasteiger partial charge in [0.1, 0.15) is 11.2 Å². The van der Waals surface area contributed by atoms with Crippen molar-refractivity contribution in [2.24, 2.45) is 0 Å². The van der Waals surface area contributed by atoms with Gasteiger partial charge in [-0.05, 0) is 97.7 Å². The Hall–Kier alpha value is -6.94. The summed E-state index contributed by atoms with van der Waals surface area (Å²) in [5, 5.41) is 7.08. The summed E-state index contributed by atoms with van der Waals surface area (Å²) in [5.41, 5.74) is 15.3. The fourth-order valence-corrected chi connectivity index (χ4v) is 11.4. The van der Waals surface area contributed by atoms with Gasteiger partial charge in [-0.1, -0.05) is 146 Å². The maximum absolute atomic E-state index is 6.92. The van der Waals surface area contributed by atoms with Crippen LogP contribution in [-0.4, -0.2) is 0 Å². The van der Waals surface area contributed by atoms with Gasteiger partial charge in [0, 0.05) is 36.9 Å². The van der Waals surface area contributed by atoms with Crippen molar-refractivity contribution in [2.45, 2.75) is 5.41 Å². The average molecular weight is 730 g/mol. The van der Waals surface area contributed by atoms with Gasteiger partial charge in [-0.15, -0.1) is 11.3 Å². The van der Waals surface area contributed by atoms with Crippen LogP contribution in [0.15, 0.2) is 192 Å². The van der Waals surface area contributed by atoms with Crippen LogP contribution in [0.4, 0.5) is 17.1 Å². The molecule has 0 N–H and O–H groups in total. The van der Waals surface area contributed by atoms with Crippen LogP contribution in [0.25, 0.3) is 75.1 Å². The highest BCUT2D eigenvalue weighted by Crippen LogP contribution is 2.63. The van der Waals surface area contributed by atoms with Crippen LogP contribution >= 0.6 is 11.3 Å². The van der Waals surface area contributed by atoms with Crippen LogP contribution < -0.4 is 4.90 Å². The van der Waals surface area contributed by atoms with E-state index in [1.54, 1.807) is 0 Å². The normalized spacial score (nSPS) is 13.5. The first-order valence-corrected chi connectivity index (χ1v) is 20.1. The number of para-hydroxylation sites is 1. The summed E-state index contributed by atoms with van der Waals surface area (Å²) in [6.07, 6.45) is 0. The number of thiophene rings is 1. The van der Waals surface area contributed by atoms with Crippen LogP contribution in [0.5, 0.6) is 0 Å². The monoisotopic (exact) mass is 729 g/mol. The molecule has 2 aliphatic carbocycles. The topological polar surface area (TPSA) is 16.4 Å². The zero-order valence-corrected chi connectivity index (χ0v) is 31.0. The van der Waals surface area contributed by atoms with Gasteiger partial charge in [0.25, 0.3) is 0 Å². The van der Waals surface area contributed by atoms with E-state index < -0.39 is 5.41 Å². The molecule has 0 amide bonds. The number of hydrogen-bond acceptors (Lipinski definition) is 3. The summed E-state index contributed by atoms with van der Waals surface area (Å²) >= 11 is 1.84. The third-order valence-electron chi connectivity index (χ3n) is 12.4. The lowest BCUT2D eigenvalue weighted by Crippen LogP contribution is -2.26. The minimum Gasteiger partial charge on any atom is -0.455 e. The summed E-state index contributed by atoms with van der Waals surface area (Å²) in [7, 11) is 0. The van der Waals surface area contributed by atoms with Crippen molar-refractivity contribution in [1.82, 2.24) is 0 Å². The zero-order chi connectivity index (χ0) is 36.5. The Kier molecular flexibility index (Phi) is 6.01. The SMILES string of the molecule is c1ccc2c(c1)-c1ccccc1C21c2ccccc2-c2ccc(N(c3ccc4ccccc4c3)c3cc4sc5ccccc5c4c4oc5ccccc5c34)cc21. The van der Waals surface area contributed by atoms with Gasteiger partial charge in [0.05, 0.1) is 16.5 Å². The molecule has 2 nitrogen and oxygen atoms in total. The lowest BCUT2D eigenvalue weighted by molar-refractivity contribution is 0.673. The molecule has 3 heteroatoms. The summed E-state index contributed by atoms with van der Waals surface area (Å²) < 4.78 is 9.38. The van der Waals surface area contributed by atoms with Crippen molar-refractivity contribution >= 4 is 81.3 Å². The van der Waals surface area contributed by atoms with Gasteiger partial charge in [-0.25, -0.2) is 0 Å². The van der Waals surface area contributed by atoms with Gasteiger partial charge in [0.15, 0.2) is 0 Å². The van der Waals surface area contributed by atoms with Gasteiger partial charge >= 0.3 is 0 Å². The molecule has 1 spiro atoms. The van der Waals surface area contributed by atoms with Gasteiger partial charge < -0.3 is 9.32 Å². The van der Waals surface area contributed by atoms with E-state index in [0.717, 1.165) is 39.0 Å². The fourth-order valence-electron chi connectivity index (χ4n) is 10.2. The summed E-state index contributed by atoms with van der Waals surface area (Å²) in [5.74, 6) is 0. The minimum atomic E-state index is -0.447. The van der Waals surface area contributed by atoms with Gasteiger partial charge in [0.2, 0.25) is 0 Å². The lowest BCUT2D eigenvalue weighted by Gasteiger charge is -2.32. The molecule has 2 heterocycles. The smallest absolute Gasteiger partial charge is 0.146 e. The third kappa shape index (κ3) is 3.85. The molecule has 11 aromatic rings. The van der Waals surface area contributed by atoms with Gasteiger partial charge in [-0.3, -0.25) is 0 Å². The average Bonchev–Trinajstić information content (AvgIpc) is 3.99. The number of fused-ring (bicyclic) bond motifs is 18. The number of nitrogens with zero attached hydrogens (tertiary/aromatic N) is 1. The molecular weight excluding hydrogens is 699 g/mol. The molecule has 0 saturated carbocycles. The molecule has 56 heavy (non-hydrogen) atoms. The number of benzene rings is 9. The van der Waals surface area contributed by atoms with Gasteiger partial charge in [-0.2, -0.15) is 0 Å². The second-order valence-electron chi connectivity index (χ2n) is 15.2. The molecule has 260 valence electrons. The Morgan fingerprint density at radius 2 is 0.982 bits per heavy atom. The standard InChI is InChI=1S/C53H31NOS/c1-2-14-33-29-34(26-25-32(33)13-1)54(46-31-49-51(41-19-7-12-24-48(41)56-49)52-50(46)40-18-6-11-23-47(40)55-52)35-27-28-39-38-17-5-10-22-44(38)53(45(39)30-35)42-20-8-3-15-36(42)37-16-4-9-21-43(37)53/h1-31H. The van der Waals surface area contributed by atoms with E-state index in [1.165, 1.54) is 75.5 Å².